The van der Waals surface area contributed by atoms with Gasteiger partial charge in [-0.1, -0.05) is 68.3 Å². The minimum Gasteiger partial charge on any atom is -0.207 e. The first-order valence-corrected chi connectivity index (χ1v) is 9.06. The number of aryl methyl sites for hydroxylation is 1. The lowest BCUT2D eigenvalue weighted by Crippen LogP contribution is -2.32. The molecular formula is C18H23NO2S. The van der Waals surface area contributed by atoms with Gasteiger partial charge in [-0.2, -0.15) is 0 Å². The molecule has 0 fully saturated rings. The third-order valence-electron chi connectivity index (χ3n) is 3.99. The molecule has 0 aromatic heterocycles. The molecule has 0 aliphatic heterocycles. The van der Waals surface area contributed by atoms with Gasteiger partial charge < -0.3 is 0 Å². The van der Waals surface area contributed by atoms with Crippen molar-refractivity contribution in [3.05, 3.63) is 65.7 Å². The van der Waals surface area contributed by atoms with Gasteiger partial charge in [0.1, 0.15) is 0 Å². The van der Waals surface area contributed by atoms with Crippen LogP contribution >= 0.6 is 0 Å². The number of benzene rings is 2. The first kappa shape index (κ1) is 16.7. The highest BCUT2D eigenvalue weighted by Gasteiger charge is 2.24. The summed E-state index contributed by atoms with van der Waals surface area (Å²) in [6.45, 7) is 6.08. The van der Waals surface area contributed by atoms with E-state index in [0.717, 1.165) is 17.5 Å². The summed E-state index contributed by atoms with van der Waals surface area (Å²) in [4.78, 5) is 0.308. The van der Waals surface area contributed by atoms with Crippen LogP contribution < -0.4 is 4.72 Å². The molecule has 0 aliphatic carbocycles. The largest absolute Gasteiger partial charge is 0.241 e. The van der Waals surface area contributed by atoms with E-state index in [2.05, 4.69) is 18.6 Å². The Balaban J connectivity index is 2.32. The Morgan fingerprint density at radius 2 is 1.59 bits per heavy atom. The van der Waals surface area contributed by atoms with Gasteiger partial charge in [0.2, 0.25) is 10.0 Å². The van der Waals surface area contributed by atoms with Gasteiger partial charge in [-0.05, 0) is 30.5 Å². The van der Waals surface area contributed by atoms with E-state index >= 15 is 0 Å². The fourth-order valence-electron chi connectivity index (χ4n) is 2.36. The number of sulfonamides is 1. The van der Waals surface area contributed by atoms with E-state index in [1.807, 2.05) is 49.4 Å². The maximum atomic E-state index is 12.6. The Bertz CT molecular complexity index is 694. The van der Waals surface area contributed by atoms with Crippen molar-refractivity contribution < 1.29 is 8.42 Å². The molecule has 0 saturated heterocycles. The van der Waals surface area contributed by atoms with Crippen LogP contribution in [0.4, 0.5) is 0 Å². The van der Waals surface area contributed by atoms with Crippen LogP contribution in [0, 0.1) is 12.8 Å². The molecule has 0 amide bonds. The molecule has 2 atom stereocenters. The lowest BCUT2D eigenvalue weighted by molar-refractivity contribution is 0.420. The Morgan fingerprint density at radius 1 is 1.00 bits per heavy atom. The van der Waals surface area contributed by atoms with E-state index in [1.165, 1.54) is 0 Å². The van der Waals surface area contributed by atoms with Crippen molar-refractivity contribution in [2.24, 2.45) is 5.92 Å². The van der Waals surface area contributed by atoms with Crippen molar-refractivity contribution in [2.75, 3.05) is 0 Å². The molecule has 2 aromatic carbocycles. The van der Waals surface area contributed by atoms with Crippen LogP contribution in [0.3, 0.4) is 0 Å². The molecule has 0 spiro atoms. The first-order chi connectivity index (χ1) is 10.4. The third kappa shape index (κ3) is 3.96. The molecule has 3 nitrogen and oxygen atoms in total. The summed E-state index contributed by atoms with van der Waals surface area (Å²) in [5, 5.41) is 0. The van der Waals surface area contributed by atoms with Crippen molar-refractivity contribution >= 4 is 10.0 Å². The maximum Gasteiger partial charge on any atom is 0.241 e. The average molecular weight is 317 g/mol. The van der Waals surface area contributed by atoms with E-state index in [9.17, 15) is 8.42 Å². The van der Waals surface area contributed by atoms with Crippen LogP contribution in [0.2, 0.25) is 0 Å². The van der Waals surface area contributed by atoms with Gasteiger partial charge in [-0.15, -0.1) is 0 Å². The van der Waals surface area contributed by atoms with Gasteiger partial charge in [0.05, 0.1) is 4.90 Å². The monoisotopic (exact) mass is 317 g/mol. The SMILES string of the molecule is CCC(C)C(NS(=O)(=O)c1ccc(C)cc1)c1ccccc1. The quantitative estimate of drug-likeness (QED) is 0.873. The van der Waals surface area contributed by atoms with Gasteiger partial charge in [0, 0.05) is 6.04 Å². The fourth-order valence-corrected chi connectivity index (χ4v) is 3.69. The second kappa shape index (κ2) is 7.07. The Labute approximate surface area is 133 Å². The summed E-state index contributed by atoms with van der Waals surface area (Å²) in [5.41, 5.74) is 2.04. The van der Waals surface area contributed by atoms with Crippen LogP contribution in [-0.2, 0) is 10.0 Å². The molecule has 2 aromatic rings. The average Bonchev–Trinajstić information content (AvgIpc) is 2.53. The lowest BCUT2D eigenvalue weighted by atomic mass is 9.93. The smallest absolute Gasteiger partial charge is 0.207 e. The second-order valence-corrected chi connectivity index (χ2v) is 7.42. The van der Waals surface area contributed by atoms with Gasteiger partial charge in [-0.25, -0.2) is 13.1 Å². The summed E-state index contributed by atoms with van der Waals surface area (Å²) in [6, 6.07) is 16.4. The summed E-state index contributed by atoms with van der Waals surface area (Å²) in [6.07, 6.45) is 0.899. The molecule has 4 heteroatoms. The molecule has 0 saturated carbocycles. The number of hydrogen-bond donors (Lipinski definition) is 1. The first-order valence-electron chi connectivity index (χ1n) is 7.58. The lowest BCUT2D eigenvalue weighted by Gasteiger charge is -2.24. The predicted molar refractivity (Wildman–Crippen MR) is 90.1 cm³/mol. The highest BCUT2D eigenvalue weighted by Crippen LogP contribution is 2.26. The van der Waals surface area contributed by atoms with E-state index in [4.69, 9.17) is 0 Å². The van der Waals surface area contributed by atoms with Gasteiger partial charge in [-0.3, -0.25) is 0 Å². The zero-order chi connectivity index (χ0) is 16.2. The van der Waals surface area contributed by atoms with Crippen molar-refractivity contribution in [3.8, 4) is 0 Å². The third-order valence-corrected chi connectivity index (χ3v) is 5.44. The zero-order valence-electron chi connectivity index (χ0n) is 13.3. The molecule has 118 valence electrons. The predicted octanol–water partition coefficient (Wildman–Crippen LogP) is 4.06. The van der Waals surface area contributed by atoms with Crippen LogP contribution in [0.1, 0.15) is 37.4 Å². The normalized spacial score (nSPS) is 14.5. The number of rotatable bonds is 6. The van der Waals surface area contributed by atoms with E-state index in [0.29, 0.717) is 4.90 Å². The standard InChI is InChI=1S/C18H23NO2S/c1-4-15(3)18(16-8-6-5-7-9-16)19-22(20,21)17-12-10-14(2)11-13-17/h5-13,15,18-19H,4H2,1-3H3. The van der Waals surface area contributed by atoms with Crippen LogP contribution in [0.25, 0.3) is 0 Å². The molecule has 0 bridgehead atoms. The Kier molecular flexibility index (Phi) is 5.37. The zero-order valence-corrected chi connectivity index (χ0v) is 14.1. The molecule has 0 radical (unpaired) electrons. The molecule has 2 rings (SSSR count). The Hall–Kier alpha value is -1.65. The van der Waals surface area contributed by atoms with E-state index in [1.54, 1.807) is 12.1 Å². The highest BCUT2D eigenvalue weighted by atomic mass is 32.2. The Morgan fingerprint density at radius 3 is 2.14 bits per heavy atom. The van der Waals surface area contributed by atoms with E-state index in [-0.39, 0.29) is 12.0 Å². The van der Waals surface area contributed by atoms with E-state index < -0.39 is 10.0 Å². The molecule has 0 heterocycles. The second-order valence-electron chi connectivity index (χ2n) is 5.71. The van der Waals surface area contributed by atoms with Gasteiger partial charge in [0.15, 0.2) is 0 Å². The maximum absolute atomic E-state index is 12.6. The highest BCUT2D eigenvalue weighted by molar-refractivity contribution is 7.89. The molecule has 22 heavy (non-hydrogen) atoms. The molecular weight excluding hydrogens is 294 g/mol. The minimum atomic E-state index is -3.53. The van der Waals surface area contributed by atoms with Crippen LogP contribution in [0.5, 0.6) is 0 Å². The van der Waals surface area contributed by atoms with Crippen molar-refractivity contribution in [3.63, 3.8) is 0 Å². The summed E-state index contributed by atoms with van der Waals surface area (Å²) < 4.78 is 28.1. The van der Waals surface area contributed by atoms with Crippen LogP contribution in [0.15, 0.2) is 59.5 Å². The fraction of sp³-hybridized carbons (Fsp3) is 0.333. The van der Waals surface area contributed by atoms with Crippen molar-refractivity contribution in [1.29, 1.82) is 0 Å². The van der Waals surface area contributed by atoms with Crippen molar-refractivity contribution in [2.45, 2.75) is 38.1 Å². The molecule has 2 unspecified atom stereocenters. The number of nitrogens with one attached hydrogen (secondary N) is 1. The molecule has 1 N–H and O–H groups in total. The summed E-state index contributed by atoms with van der Waals surface area (Å²) in [7, 11) is -3.53. The van der Waals surface area contributed by atoms with Gasteiger partial charge in [0.25, 0.3) is 0 Å². The number of hydrogen-bond acceptors (Lipinski definition) is 2. The topological polar surface area (TPSA) is 46.2 Å². The molecule has 0 aliphatic rings. The summed E-state index contributed by atoms with van der Waals surface area (Å²) >= 11 is 0. The minimum absolute atomic E-state index is 0.211. The van der Waals surface area contributed by atoms with Gasteiger partial charge >= 0.3 is 0 Å². The van der Waals surface area contributed by atoms with Crippen LogP contribution in [-0.4, -0.2) is 8.42 Å². The van der Waals surface area contributed by atoms with Crippen molar-refractivity contribution in [1.82, 2.24) is 4.72 Å². The summed E-state index contributed by atoms with van der Waals surface area (Å²) in [5.74, 6) is 0.211.